The summed E-state index contributed by atoms with van der Waals surface area (Å²) in [6.45, 7) is 3.62. The van der Waals surface area contributed by atoms with Crippen LogP contribution in [0.4, 0.5) is 0 Å². The summed E-state index contributed by atoms with van der Waals surface area (Å²) in [6, 6.07) is 7.24. The highest BCUT2D eigenvalue weighted by molar-refractivity contribution is 7.14. The highest BCUT2D eigenvalue weighted by Gasteiger charge is 2.43. The lowest BCUT2D eigenvalue weighted by Gasteiger charge is -2.43. The van der Waals surface area contributed by atoms with Crippen LogP contribution in [0.25, 0.3) is 0 Å². The molecule has 1 amide bonds. The Morgan fingerprint density at radius 1 is 1.31 bits per heavy atom. The van der Waals surface area contributed by atoms with Crippen molar-refractivity contribution in [2.75, 3.05) is 19.7 Å². The molecule has 1 saturated heterocycles. The Hall–Kier alpha value is -2.25. The summed E-state index contributed by atoms with van der Waals surface area (Å²) >= 11 is 1.32. The third-order valence-corrected chi connectivity index (χ3v) is 6.50. The number of carboxylic acid groups (broad SMARTS) is 1. The fourth-order valence-corrected chi connectivity index (χ4v) is 5.04. The zero-order valence-electron chi connectivity index (χ0n) is 14.5. The normalized spacial score (nSPS) is 18.6. The van der Waals surface area contributed by atoms with Crippen molar-refractivity contribution in [3.63, 3.8) is 0 Å². The van der Waals surface area contributed by atoms with Crippen molar-refractivity contribution in [2.45, 2.75) is 31.8 Å². The van der Waals surface area contributed by atoms with Crippen LogP contribution in [0, 0.1) is 6.92 Å². The van der Waals surface area contributed by atoms with E-state index < -0.39 is 11.6 Å². The highest BCUT2D eigenvalue weighted by atomic mass is 32.1. The second-order valence-corrected chi connectivity index (χ2v) is 7.87. The molecule has 0 radical (unpaired) electrons. The summed E-state index contributed by atoms with van der Waals surface area (Å²) in [5.41, 5.74) is 1.92. The second kappa shape index (κ2) is 6.48. The Bertz CT molecular complexity index is 868. The molecule has 26 heavy (non-hydrogen) atoms. The van der Waals surface area contributed by atoms with Crippen molar-refractivity contribution < 1.29 is 19.4 Å². The maximum atomic E-state index is 12.7. The number of fused-ring (bicyclic) bond motifs is 2. The van der Waals surface area contributed by atoms with Crippen LogP contribution in [0.1, 0.15) is 49.1 Å². The first-order valence-corrected chi connectivity index (χ1v) is 9.53. The molecular weight excluding hydrogens is 352 g/mol. The average molecular weight is 372 g/mol. The van der Waals surface area contributed by atoms with Crippen molar-refractivity contribution >= 4 is 23.2 Å². The SMILES string of the molecule is Cc1cccc(C(=O)N2CCC3(CC2)OCCc2cc(C(=O)O)sc23)n1. The van der Waals surface area contributed by atoms with E-state index in [0.717, 1.165) is 22.6 Å². The third kappa shape index (κ3) is 2.91. The number of aromatic carboxylic acids is 1. The van der Waals surface area contributed by atoms with E-state index in [4.69, 9.17) is 4.74 Å². The van der Waals surface area contributed by atoms with Crippen LogP contribution < -0.4 is 0 Å². The van der Waals surface area contributed by atoms with Gasteiger partial charge in [-0.3, -0.25) is 4.79 Å². The number of hydrogen-bond acceptors (Lipinski definition) is 5. The van der Waals surface area contributed by atoms with Gasteiger partial charge in [0.15, 0.2) is 0 Å². The number of pyridine rings is 1. The van der Waals surface area contributed by atoms with E-state index >= 15 is 0 Å². The zero-order chi connectivity index (χ0) is 18.3. The maximum Gasteiger partial charge on any atom is 0.345 e. The fourth-order valence-electron chi connectivity index (χ4n) is 3.79. The Morgan fingerprint density at radius 3 is 2.77 bits per heavy atom. The first-order chi connectivity index (χ1) is 12.5. The minimum Gasteiger partial charge on any atom is -0.477 e. The minimum atomic E-state index is -0.891. The Balaban J connectivity index is 1.54. The van der Waals surface area contributed by atoms with Crippen LogP contribution in [0.3, 0.4) is 0 Å². The van der Waals surface area contributed by atoms with Gasteiger partial charge in [0.2, 0.25) is 0 Å². The van der Waals surface area contributed by atoms with Gasteiger partial charge in [0.05, 0.1) is 6.61 Å². The quantitative estimate of drug-likeness (QED) is 0.877. The van der Waals surface area contributed by atoms with E-state index in [1.807, 2.05) is 24.0 Å². The molecular formula is C19H20N2O4S. The third-order valence-electron chi connectivity index (χ3n) is 5.15. The van der Waals surface area contributed by atoms with Gasteiger partial charge in [-0.05, 0) is 49.9 Å². The standard InChI is InChI=1S/C19H20N2O4S/c1-12-3-2-4-14(20-12)17(22)21-8-6-19(7-9-21)16-13(5-10-25-19)11-15(26-16)18(23)24/h2-4,11H,5-10H2,1H3,(H,23,24). The van der Waals surface area contributed by atoms with Gasteiger partial charge in [0.1, 0.15) is 16.2 Å². The van der Waals surface area contributed by atoms with Gasteiger partial charge in [-0.15, -0.1) is 11.3 Å². The highest BCUT2D eigenvalue weighted by Crippen LogP contribution is 2.45. The van der Waals surface area contributed by atoms with Gasteiger partial charge in [-0.1, -0.05) is 6.07 Å². The molecule has 0 unspecified atom stereocenters. The summed E-state index contributed by atoms with van der Waals surface area (Å²) in [7, 11) is 0. The number of nitrogens with zero attached hydrogens (tertiary/aromatic N) is 2. The topological polar surface area (TPSA) is 79.7 Å². The van der Waals surface area contributed by atoms with Crippen molar-refractivity contribution in [3.8, 4) is 0 Å². The van der Waals surface area contributed by atoms with E-state index in [1.165, 1.54) is 11.3 Å². The molecule has 1 N–H and O–H groups in total. The van der Waals surface area contributed by atoms with Gasteiger partial charge in [-0.2, -0.15) is 0 Å². The van der Waals surface area contributed by atoms with Gasteiger partial charge >= 0.3 is 5.97 Å². The number of aryl methyl sites for hydroxylation is 1. The van der Waals surface area contributed by atoms with Gasteiger partial charge in [-0.25, -0.2) is 9.78 Å². The number of amides is 1. The molecule has 1 spiro atoms. The smallest absolute Gasteiger partial charge is 0.345 e. The number of piperidine rings is 1. The number of carbonyl (C=O) groups excluding carboxylic acids is 1. The number of likely N-dealkylation sites (tertiary alicyclic amines) is 1. The van der Waals surface area contributed by atoms with Crippen LogP contribution in [-0.4, -0.2) is 46.6 Å². The molecule has 4 heterocycles. The summed E-state index contributed by atoms with van der Waals surface area (Å²) in [5, 5.41) is 9.29. The van der Waals surface area contributed by atoms with Gasteiger partial charge < -0.3 is 14.7 Å². The van der Waals surface area contributed by atoms with E-state index in [2.05, 4.69) is 4.98 Å². The summed E-state index contributed by atoms with van der Waals surface area (Å²) in [5.74, 6) is -0.949. The second-order valence-electron chi connectivity index (χ2n) is 6.82. The van der Waals surface area contributed by atoms with Crippen LogP contribution in [0.15, 0.2) is 24.3 Å². The summed E-state index contributed by atoms with van der Waals surface area (Å²) in [6.07, 6.45) is 2.10. The van der Waals surface area contributed by atoms with Crippen LogP contribution in [-0.2, 0) is 16.8 Å². The maximum absolute atomic E-state index is 12.7. The predicted octanol–water partition coefficient (Wildman–Crippen LogP) is 2.85. The molecule has 1 fully saturated rings. The number of thiophene rings is 1. The van der Waals surface area contributed by atoms with Crippen molar-refractivity contribution in [1.29, 1.82) is 0 Å². The molecule has 4 rings (SSSR count). The number of carboxylic acids is 1. The van der Waals surface area contributed by atoms with Crippen LogP contribution >= 0.6 is 11.3 Å². The molecule has 0 atom stereocenters. The molecule has 2 aromatic rings. The van der Waals surface area contributed by atoms with E-state index in [1.54, 1.807) is 12.1 Å². The molecule has 2 aliphatic heterocycles. The number of hydrogen-bond donors (Lipinski definition) is 1. The minimum absolute atomic E-state index is 0.0583. The van der Waals surface area contributed by atoms with E-state index in [0.29, 0.717) is 43.1 Å². The number of carbonyl (C=O) groups is 2. The lowest BCUT2D eigenvalue weighted by Crippen LogP contribution is -2.48. The molecule has 6 nitrogen and oxygen atoms in total. The van der Waals surface area contributed by atoms with Crippen LogP contribution in [0.2, 0.25) is 0 Å². The monoisotopic (exact) mass is 372 g/mol. The lowest BCUT2D eigenvalue weighted by molar-refractivity contribution is -0.0906. The first-order valence-electron chi connectivity index (χ1n) is 8.72. The molecule has 2 aliphatic rings. The number of ether oxygens (including phenoxy) is 1. The van der Waals surface area contributed by atoms with Gasteiger partial charge in [0, 0.05) is 23.7 Å². The van der Waals surface area contributed by atoms with Crippen LogP contribution in [0.5, 0.6) is 0 Å². The van der Waals surface area contributed by atoms with Crippen molar-refractivity contribution in [2.24, 2.45) is 0 Å². The van der Waals surface area contributed by atoms with E-state index in [9.17, 15) is 14.7 Å². The molecule has 2 aromatic heterocycles. The Labute approximate surface area is 155 Å². The fraction of sp³-hybridized carbons (Fsp3) is 0.421. The average Bonchev–Trinajstić information content (AvgIpc) is 3.08. The molecule has 0 saturated carbocycles. The zero-order valence-corrected chi connectivity index (χ0v) is 15.3. The molecule has 0 aliphatic carbocycles. The summed E-state index contributed by atoms with van der Waals surface area (Å²) < 4.78 is 6.14. The Kier molecular flexibility index (Phi) is 4.28. The molecule has 136 valence electrons. The number of aromatic nitrogens is 1. The summed E-state index contributed by atoms with van der Waals surface area (Å²) in [4.78, 5) is 31.6. The van der Waals surface area contributed by atoms with Crippen molar-refractivity contribution in [1.82, 2.24) is 9.88 Å². The molecule has 0 aromatic carbocycles. The van der Waals surface area contributed by atoms with Crippen molar-refractivity contribution in [3.05, 3.63) is 51.0 Å². The number of rotatable bonds is 2. The Morgan fingerprint density at radius 2 is 2.08 bits per heavy atom. The molecule has 0 bridgehead atoms. The van der Waals surface area contributed by atoms with E-state index in [-0.39, 0.29) is 5.91 Å². The van der Waals surface area contributed by atoms with Gasteiger partial charge in [0.25, 0.3) is 5.91 Å². The predicted molar refractivity (Wildman–Crippen MR) is 96.7 cm³/mol. The lowest BCUT2D eigenvalue weighted by atomic mass is 9.85. The largest absolute Gasteiger partial charge is 0.477 e. The molecule has 7 heteroatoms. The first kappa shape index (κ1) is 17.2.